The summed E-state index contributed by atoms with van der Waals surface area (Å²) in [5.74, 6) is -1.01. The van der Waals surface area contributed by atoms with Crippen molar-refractivity contribution in [2.45, 2.75) is 12.5 Å². The van der Waals surface area contributed by atoms with Gasteiger partial charge in [-0.3, -0.25) is 9.59 Å². The maximum absolute atomic E-state index is 13.0. The molecule has 1 atom stereocenters. The second kappa shape index (κ2) is 9.32. The van der Waals surface area contributed by atoms with Gasteiger partial charge < -0.3 is 19.6 Å². The maximum Gasteiger partial charge on any atom is 0.295 e. The zero-order chi connectivity index (χ0) is 21.8. The van der Waals surface area contributed by atoms with E-state index in [1.807, 2.05) is 19.0 Å². The Hall–Kier alpha value is -2.83. The van der Waals surface area contributed by atoms with E-state index >= 15 is 0 Å². The number of likely N-dealkylation sites (tertiary alicyclic amines) is 1. The lowest BCUT2D eigenvalue weighted by molar-refractivity contribution is -0.139. The highest BCUT2D eigenvalue weighted by Crippen LogP contribution is 2.40. The van der Waals surface area contributed by atoms with Crippen LogP contribution in [0.1, 0.15) is 23.6 Å². The summed E-state index contributed by atoms with van der Waals surface area (Å²) >= 11 is 6.18. The fourth-order valence-corrected chi connectivity index (χ4v) is 3.82. The monoisotopic (exact) mass is 428 g/mol. The van der Waals surface area contributed by atoms with Crippen molar-refractivity contribution in [3.8, 4) is 5.75 Å². The van der Waals surface area contributed by atoms with Gasteiger partial charge in [0.2, 0.25) is 0 Å². The fourth-order valence-electron chi connectivity index (χ4n) is 3.62. The zero-order valence-corrected chi connectivity index (χ0v) is 18.0. The molecule has 158 valence electrons. The number of hydrogen-bond acceptors (Lipinski definition) is 5. The Kier molecular flexibility index (Phi) is 6.80. The molecular formula is C23H25ClN2O4. The van der Waals surface area contributed by atoms with Crippen molar-refractivity contribution >= 4 is 29.1 Å². The summed E-state index contributed by atoms with van der Waals surface area (Å²) in [7, 11) is 5.42. The molecule has 6 nitrogen and oxygen atoms in total. The normalized spacial score (nSPS) is 18.3. The number of aliphatic hydroxyl groups excluding tert-OH is 1. The minimum atomic E-state index is -0.711. The van der Waals surface area contributed by atoms with Crippen LogP contribution in [-0.2, 0) is 9.59 Å². The van der Waals surface area contributed by atoms with Gasteiger partial charge in [0, 0.05) is 17.1 Å². The maximum atomic E-state index is 13.0. The van der Waals surface area contributed by atoms with E-state index in [4.69, 9.17) is 16.3 Å². The van der Waals surface area contributed by atoms with E-state index in [1.165, 1.54) is 12.0 Å². The standard InChI is InChI=1S/C23H25ClN2O4/c1-25(2)11-6-12-26-20(15-7-4-9-17(24)13-15)19(22(28)23(26)29)21(27)16-8-5-10-18(14-16)30-3/h4-5,7-10,13-14,20,27H,6,11-12H2,1-3H3/t20-/m0/s1. The highest BCUT2D eigenvalue weighted by atomic mass is 35.5. The molecule has 0 unspecified atom stereocenters. The zero-order valence-electron chi connectivity index (χ0n) is 17.3. The van der Waals surface area contributed by atoms with Crippen LogP contribution in [0, 0.1) is 0 Å². The van der Waals surface area contributed by atoms with E-state index in [9.17, 15) is 14.7 Å². The molecule has 0 spiro atoms. The summed E-state index contributed by atoms with van der Waals surface area (Å²) in [4.78, 5) is 29.4. The van der Waals surface area contributed by atoms with Crippen LogP contribution < -0.4 is 4.74 Å². The number of Topliss-reactive ketones (excluding diaryl/α,β-unsaturated/α-hetero) is 1. The Labute approximate surface area is 181 Å². The third-order valence-corrected chi connectivity index (χ3v) is 5.29. The van der Waals surface area contributed by atoms with Gasteiger partial charge in [0.25, 0.3) is 11.7 Å². The molecule has 1 fully saturated rings. The quantitative estimate of drug-likeness (QED) is 0.413. The molecule has 30 heavy (non-hydrogen) atoms. The average molecular weight is 429 g/mol. The molecule has 1 saturated heterocycles. The fraction of sp³-hybridized carbons (Fsp3) is 0.304. The number of rotatable bonds is 7. The van der Waals surface area contributed by atoms with Gasteiger partial charge >= 0.3 is 0 Å². The van der Waals surface area contributed by atoms with Gasteiger partial charge in [0.1, 0.15) is 11.5 Å². The second-order valence-corrected chi connectivity index (χ2v) is 7.87. The van der Waals surface area contributed by atoms with Crippen molar-refractivity contribution in [1.82, 2.24) is 9.80 Å². The van der Waals surface area contributed by atoms with E-state index in [-0.39, 0.29) is 11.3 Å². The van der Waals surface area contributed by atoms with Gasteiger partial charge in [-0.15, -0.1) is 0 Å². The Morgan fingerprint density at radius 2 is 1.90 bits per heavy atom. The van der Waals surface area contributed by atoms with Crippen LogP contribution in [0.3, 0.4) is 0 Å². The number of benzene rings is 2. The van der Waals surface area contributed by atoms with Crippen molar-refractivity contribution in [3.05, 3.63) is 70.3 Å². The summed E-state index contributed by atoms with van der Waals surface area (Å²) in [5, 5.41) is 11.5. The molecule has 2 aromatic carbocycles. The molecule has 1 amide bonds. The summed E-state index contributed by atoms with van der Waals surface area (Å²) in [6.45, 7) is 1.15. The molecule has 0 saturated carbocycles. The number of nitrogens with zero attached hydrogens (tertiary/aromatic N) is 2. The molecule has 1 aliphatic heterocycles. The minimum Gasteiger partial charge on any atom is -0.507 e. The molecule has 0 aromatic heterocycles. The Bertz CT molecular complexity index is 987. The lowest BCUT2D eigenvalue weighted by Gasteiger charge is -2.26. The van der Waals surface area contributed by atoms with Gasteiger partial charge in [-0.1, -0.05) is 35.9 Å². The number of ketones is 1. The summed E-state index contributed by atoms with van der Waals surface area (Å²) in [6.07, 6.45) is 0.691. The van der Waals surface area contributed by atoms with Gasteiger partial charge in [0.15, 0.2) is 0 Å². The first-order valence-electron chi connectivity index (χ1n) is 9.66. The van der Waals surface area contributed by atoms with Crippen molar-refractivity contribution < 1.29 is 19.4 Å². The molecule has 7 heteroatoms. The molecule has 3 rings (SSSR count). The highest BCUT2D eigenvalue weighted by Gasteiger charge is 2.45. The van der Waals surface area contributed by atoms with Crippen molar-refractivity contribution in [2.75, 3.05) is 34.3 Å². The third-order valence-electron chi connectivity index (χ3n) is 5.05. The first kappa shape index (κ1) is 21.9. The summed E-state index contributed by atoms with van der Waals surface area (Å²) < 4.78 is 5.22. The number of aliphatic hydroxyl groups is 1. The molecular weight excluding hydrogens is 404 g/mol. The van der Waals surface area contributed by atoms with E-state index < -0.39 is 17.7 Å². The molecule has 1 heterocycles. The summed E-state index contributed by atoms with van der Waals surface area (Å²) in [6, 6.07) is 13.1. The van der Waals surface area contributed by atoms with Crippen LogP contribution in [0.4, 0.5) is 0 Å². The predicted octanol–water partition coefficient (Wildman–Crippen LogP) is 3.72. The first-order valence-corrected chi connectivity index (χ1v) is 10.0. The van der Waals surface area contributed by atoms with Crippen molar-refractivity contribution in [1.29, 1.82) is 0 Å². The third kappa shape index (κ3) is 4.50. The summed E-state index contributed by atoms with van der Waals surface area (Å²) in [5.41, 5.74) is 1.14. The Morgan fingerprint density at radius 1 is 1.17 bits per heavy atom. The van der Waals surface area contributed by atoms with E-state index in [2.05, 4.69) is 0 Å². The number of carbonyl (C=O) groups is 2. The molecule has 1 N–H and O–H groups in total. The Morgan fingerprint density at radius 3 is 2.57 bits per heavy atom. The first-order chi connectivity index (χ1) is 14.3. The topological polar surface area (TPSA) is 70.1 Å². The number of amides is 1. The lowest BCUT2D eigenvalue weighted by atomic mass is 9.95. The van der Waals surface area contributed by atoms with E-state index in [1.54, 1.807) is 48.5 Å². The number of hydrogen-bond donors (Lipinski definition) is 1. The Balaban J connectivity index is 2.11. The minimum absolute atomic E-state index is 0.0559. The van der Waals surface area contributed by atoms with Crippen molar-refractivity contribution in [2.24, 2.45) is 0 Å². The molecule has 0 radical (unpaired) electrons. The van der Waals surface area contributed by atoms with Gasteiger partial charge in [0.05, 0.1) is 18.7 Å². The van der Waals surface area contributed by atoms with E-state index in [0.29, 0.717) is 34.9 Å². The average Bonchev–Trinajstić information content (AvgIpc) is 2.98. The molecule has 1 aliphatic rings. The van der Waals surface area contributed by atoms with Crippen LogP contribution in [0.25, 0.3) is 5.76 Å². The number of carbonyl (C=O) groups excluding carboxylic acids is 2. The van der Waals surface area contributed by atoms with Crippen molar-refractivity contribution in [3.63, 3.8) is 0 Å². The van der Waals surface area contributed by atoms with Gasteiger partial charge in [-0.25, -0.2) is 0 Å². The second-order valence-electron chi connectivity index (χ2n) is 7.44. The molecule has 2 aromatic rings. The lowest BCUT2D eigenvalue weighted by Crippen LogP contribution is -2.32. The van der Waals surface area contributed by atoms with Crippen LogP contribution in [0.15, 0.2) is 54.1 Å². The van der Waals surface area contributed by atoms with Crippen LogP contribution in [-0.4, -0.2) is 60.9 Å². The number of halogens is 1. The van der Waals surface area contributed by atoms with Crippen LogP contribution in [0.5, 0.6) is 5.75 Å². The van der Waals surface area contributed by atoms with Crippen LogP contribution >= 0.6 is 11.6 Å². The molecule has 0 aliphatic carbocycles. The smallest absolute Gasteiger partial charge is 0.295 e. The number of methoxy groups -OCH3 is 1. The SMILES string of the molecule is COc1cccc(C(O)=C2C(=O)C(=O)N(CCCN(C)C)[C@H]2c2cccc(Cl)c2)c1. The van der Waals surface area contributed by atoms with Crippen LogP contribution in [0.2, 0.25) is 5.02 Å². The van der Waals surface area contributed by atoms with E-state index in [0.717, 1.165) is 6.54 Å². The van der Waals surface area contributed by atoms with Gasteiger partial charge in [-0.2, -0.15) is 0 Å². The largest absolute Gasteiger partial charge is 0.507 e. The number of ether oxygens (including phenoxy) is 1. The predicted molar refractivity (Wildman–Crippen MR) is 117 cm³/mol. The highest BCUT2D eigenvalue weighted by molar-refractivity contribution is 6.46. The molecule has 0 bridgehead atoms. The van der Waals surface area contributed by atoms with Gasteiger partial charge in [-0.05, 0) is 56.9 Å².